The summed E-state index contributed by atoms with van der Waals surface area (Å²) in [5.74, 6) is 3.02. The molecule has 1 aromatic heterocycles. The number of hydrogen-bond acceptors (Lipinski definition) is 4. The number of furan rings is 1. The third-order valence-corrected chi connectivity index (χ3v) is 3.77. The van der Waals surface area contributed by atoms with Crippen LogP contribution in [0, 0.1) is 0 Å². The van der Waals surface area contributed by atoms with Crippen molar-refractivity contribution < 1.29 is 9.15 Å². The van der Waals surface area contributed by atoms with Gasteiger partial charge in [0, 0.05) is 5.54 Å². The van der Waals surface area contributed by atoms with Crippen molar-refractivity contribution in [3.05, 3.63) is 23.7 Å². The third-order valence-electron chi connectivity index (χ3n) is 2.58. The summed E-state index contributed by atoms with van der Waals surface area (Å²) in [7, 11) is 0. The average molecular weight is 255 g/mol. The zero-order valence-electron chi connectivity index (χ0n) is 10.8. The molecule has 3 nitrogen and oxygen atoms in total. The predicted octanol–water partition coefficient (Wildman–Crippen LogP) is 2.80. The van der Waals surface area contributed by atoms with Gasteiger partial charge in [-0.3, -0.25) is 0 Å². The molecule has 17 heavy (non-hydrogen) atoms. The van der Waals surface area contributed by atoms with E-state index in [1.54, 1.807) is 0 Å². The van der Waals surface area contributed by atoms with Crippen molar-refractivity contribution in [1.82, 2.24) is 5.32 Å². The quantitative estimate of drug-likeness (QED) is 0.877. The minimum Gasteiger partial charge on any atom is -0.464 e. The van der Waals surface area contributed by atoms with Gasteiger partial charge in [-0.05, 0) is 32.9 Å². The molecule has 0 atom stereocenters. The van der Waals surface area contributed by atoms with E-state index < -0.39 is 0 Å². The second kappa shape index (κ2) is 5.46. The molecular formula is C13H21NO2S. The molecule has 0 saturated carbocycles. The minimum absolute atomic E-state index is 0.130. The molecule has 0 amide bonds. The summed E-state index contributed by atoms with van der Waals surface area (Å²) in [5.41, 5.74) is 0.130. The summed E-state index contributed by atoms with van der Waals surface area (Å²) >= 11 is 1.91. The molecule has 4 heteroatoms. The summed E-state index contributed by atoms with van der Waals surface area (Å²) in [5, 5.41) is 4.08. The van der Waals surface area contributed by atoms with E-state index in [0.29, 0.717) is 5.25 Å². The van der Waals surface area contributed by atoms with Crippen LogP contribution in [0.2, 0.25) is 0 Å². The highest BCUT2D eigenvalue weighted by atomic mass is 32.2. The van der Waals surface area contributed by atoms with E-state index in [0.717, 1.165) is 37.0 Å². The van der Waals surface area contributed by atoms with Gasteiger partial charge in [0.25, 0.3) is 0 Å². The molecule has 1 aliphatic heterocycles. The molecule has 0 aliphatic carbocycles. The summed E-state index contributed by atoms with van der Waals surface area (Å²) in [6.07, 6.45) is 0. The molecule has 0 aromatic carbocycles. The van der Waals surface area contributed by atoms with Crippen molar-refractivity contribution >= 4 is 11.8 Å². The summed E-state index contributed by atoms with van der Waals surface area (Å²) in [6, 6.07) is 4.14. The molecule has 0 spiro atoms. The Kier molecular flexibility index (Phi) is 4.17. The van der Waals surface area contributed by atoms with Crippen LogP contribution >= 0.6 is 11.8 Å². The highest BCUT2D eigenvalue weighted by Crippen LogP contribution is 2.24. The van der Waals surface area contributed by atoms with Gasteiger partial charge in [-0.15, -0.1) is 11.8 Å². The second-order valence-electron chi connectivity index (χ2n) is 5.44. The minimum atomic E-state index is 0.130. The van der Waals surface area contributed by atoms with E-state index in [1.807, 2.05) is 11.8 Å². The molecule has 1 saturated heterocycles. The summed E-state index contributed by atoms with van der Waals surface area (Å²) in [6.45, 7) is 9.05. The Labute approximate surface area is 107 Å². The van der Waals surface area contributed by atoms with Crippen molar-refractivity contribution in [2.75, 3.05) is 13.2 Å². The topological polar surface area (TPSA) is 34.4 Å². The zero-order valence-corrected chi connectivity index (χ0v) is 11.6. The molecule has 2 rings (SSSR count). The highest BCUT2D eigenvalue weighted by molar-refractivity contribution is 7.99. The fourth-order valence-electron chi connectivity index (χ4n) is 1.46. The maximum absolute atomic E-state index is 5.77. The van der Waals surface area contributed by atoms with Crippen LogP contribution in [0.15, 0.2) is 16.5 Å². The Morgan fingerprint density at radius 1 is 1.29 bits per heavy atom. The van der Waals surface area contributed by atoms with Gasteiger partial charge in [-0.1, -0.05) is 0 Å². The van der Waals surface area contributed by atoms with Crippen molar-refractivity contribution in [3.63, 3.8) is 0 Å². The lowest BCUT2D eigenvalue weighted by molar-refractivity contribution is 0.0454. The van der Waals surface area contributed by atoms with Crippen LogP contribution in [-0.4, -0.2) is 24.0 Å². The van der Waals surface area contributed by atoms with E-state index in [1.165, 1.54) is 0 Å². The number of ether oxygens (including phenoxy) is 1. The van der Waals surface area contributed by atoms with Crippen molar-refractivity contribution in [2.45, 2.75) is 43.9 Å². The maximum atomic E-state index is 5.77. The van der Waals surface area contributed by atoms with Gasteiger partial charge in [0.2, 0.25) is 0 Å². The molecule has 1 aromatic rings. The number of hydrogen-bond donors (Lipinski definition) is 1. The van der Waals surface area contributed by atoms with Crippen LogP contribution in [0.4, 0.5) is 0 Å². The van der Waals surface area contributed by atoms with Crippen LogP contribution in [-0.2, 0) is 17.0 Å². The first-order valence-corrected chi connectivity index (χ1v) is 7.10. The highest BCUT2D eigenvalue weighted by Gasteiger charge is 2.19. The van der Waals surface area contributed by atoms with Gasteiger partial charge in [-0.25, -0.2) is 0 Å². The first-order chi connectivity index (χ1) is 8.03. The van der Waals surface area contributed by atoms with Crippen LogP contribution in [0.5, 0.6) is 0 Å². The van der Waals surface area contributed by atoms with E-state index >= 15 is 0 Å². The molecule has 1 aliphatic rings. The molecular weight excluding hydrogens is 234 g/mol. The SMILES string of the molecule is CC(C)(C)NCc1ccc(CSC2COC2)o1. The molecule has 0 bridgehead atoms. The standard InChI is InChI=1S/C13H21NO2S/c1-13(2,3)14-6-10-4-5-11(16-10)9-17-12-7-15-8-12/h4-5,12,14H,6-9H2,1-3H3. The van der Waals surface area contributed by atoms with Crippen LogP contribution in [0.1, 0.15) is 32.3 Å². The first kappa shape index (κ1) is 13.0. The Hall–Kier alpha value is -0.450. The Morgan fingerprint density at radius 2 is 2.00 bits per heavy atom. The molecule has 2 heterocycles. The van der Waals surface area contributed by atoms with Crippen molar-refractivity contribution in [1.29, 1.82) is 0 Å². The zero-order chi connectivity index (χ0) is 12.3. The Morgan fingerprint density at radius 3 is 2.59 bits per heavy atom. The lowest BCUT2D eigenvalue weighted by atomic mass is 10.1. The number of rotatable bonds is 5. The van der Waals surface area contributed by atoms with Crippen LogP contribution in [0.3, 0.4) is 0 Å². The summed E-state index contributed by atoms with van der Waals surface area (Å²) in [4.78, 5) is 0. The molecule has 96 valence electrons. The normalized spacial score (nSPS) is 17.1. The van der Waals surface area contributed by atoms with Gasteiger partial charge >= 0.3 is 0 Å². The molecule has 0 unspecified atom stereocenters. The van der Waals surface area contributed by atoms with Crippen LogP contribution in [0.25, 0.3) is 0 Å². The second-order valence-corrected chi connectivity index (χ2v) is 6.73. The first-order valence-electron chi connectivity index (χ1n) is 6.05. The lowest BCUT2D eigenvalue weighted by Gasteiger charge is -2.24. The molecule has 1 fully saturated rings. The van der Waals surface area contributed by atoms with Gasteiger partial charge in [0.15, 0.2) is 0 Å². The van der Waals surface area contributed by atoms with Gasteiger partial charge in [0.05, 0.1) is 30.8 Å². The van der Waals surface area contributed by atoms with Gasteiger partial charge < -0.3 is 14.5 Å². The van der Waals surface area contributed by atoms with E-state index in [2.05, 4.69) is 38.2 Å². The third kappa shape index (κ3) is 4.37. The van der Waals surface area contributed by atoms with Crippen LogP contribution < -0.4 is 5.32 Å². The van der Waals surface area contributed by atoms with E-state index in [9.17, 15) is 0 Å². The predicted molar refractivity (Wildman–Crippen MR) is 71.2 cm³/mol. The van der Waals surface area contributed by atoms with E-state index in [-0.39, 0.29) is 5.54 Å². The lowest BCUT2D eigenvalue weighted by Crippen LogP contribution is -2.34. The van der Waals surface area contributed by atoms with E-state index in [4.69, 9.17) is 9.15 Å². The maximum Gasteiger partial charge on any atom is 0.118 e. The number of thioether (sulfide) groups is 1. The monoisotopic (exact) mass is 255 g/mol. The van der Waals surface area contributed by atoms with Gasteiger partial charge in [0.1, 0.15) is 11.5 Å². The average Bonchev–Trinajstić information content (AvgIpc) is 2.59. The number of nitrogens with one attached hydrogen (secondary N) is 1. The Bertz CT molecular complexity index is 353. The molecule has 0 radical (unpaired) electrons. The smallest absolute Gasteiger partial charge is 0.118 e. The van der Waals surface area contributed by atoms with Gasteiger partial charge in [-0.2, -0.15) is 0 Å². The summed E-state index contributed by atoms with van der Waals surface area (Å²) < 4.78 is 10.9. The molecule has 1 N–H and O–H groups in total. The fraction of sp³-hybridized carbons (Fsp3) is 0.692. The van der Waals surface area contributed by atoms with Crippen molar-refractivity contribution in [3.8, 4) is 0 Å². The largest absolute Gasteiger partial charge is 0.464 e. The Balaban J connectivity index is 1.74. The van der Waals surface area contributed by atoms with Crippen molar-refractivity contribution in [2.24, 2.45) is 0 Å². The fourth-order valence-corrected chi connectivity index (χ4v) is 2.40.